The summed E-state index contributed by atoms with van der Waals surface area (Å²) in [5.41, 5.74) is 4.37. The summed E-state index contributed by atoms with van der Waals surface area (Å²) in [4.78, 5) is 0.111. The van der Waals surface area contributed by atoms with Crippen molar-refractivity contribution < 1.29 is 8.42 Å². The summed E-state index contributed by atoms with van der Waals surface area (Å²) < 4.78 is 22.7. The molecule has 2 aromatic carbocycles. The number of rotatable bonds is 4. The number of hydrogen-bond acceptors (Lipinski definition) is 3. The molecule has 0 bridgehead atoms. The highest BCUT2D eigenvalue weighted by molar-refractivity contribution is 7.89. The summed E-state index contributed by atoms with van der Waals surface area (Å²) >= 11 is 0. The van der Waals surface area contributed by atoms with Crippen LogP contribution in [0.15, 0.2) is 47.4 Å². The molecule has 1 unspecified atom stereocenters. The molecule has 0 aliphatic carbocycles. The predicted octanol–water partition coefficient (Wildman–Crippen LogP) is 3.12. The summed E-state index contributed by atoms with van der Waals surface area (Å²) in [5, 5.41) is 8.45. The van der Waals surface area contributed by atoms with Gasteiger partial charge in [0.05, 0.1) is 4.90 Å². The molecule has 1 atom stereocenters. The second-order valence-corrected chi connectivity index (χ2v) is 6.84. The zero-order valence-electron chi connectivity index (χ0n) is 12.4. The predicted molar refractivity (Wildman–Crippen MR) is 85.8 cm³/mol. The lowest BCUT2D eigenvalue weighted by atomic mass is 10.0. The maximum absolute atomic E-state index is 11.4. The maximum Gasteiger partial charge on any atom is 0.238 e. The minimum absolute atomic E-state index is 0.0695. The SMILES string of the molecule is Cc1ccc(C(C)Nc2cccc(S(N)(=O)=O)c2)cc1C. The van der Waals surface area contributed by atoms with Crippen LogP contribution in [0.5, 0.6) is 0 Å². The summed E-state index contributed by atoms with van der Waals surface area (Å²) in [6.07, 6.45) is 0. The van der Waals surface area contributed by atoms with E-state index < -0.39 is 10.0 Å². The van der Waals surface area contributed by atoms with E-state index in [0.29, 0.717) is 0 Å². The molecule has 2 aromatic rings. The van der Waals surface area contributed by atoms with Crippen molar-refractivity contribution in [2.45, 2.75) is 31.7 Å². The van der Waals surface area contributed by atoms with E-state index in [0.717, 1.165) is 11.3 Å². The fourth-order valence-corrected chi connectivity index (χ4v) is 2.69. The van der Waals surface area contributed by atoms with Crippen molar-refractivity contribution in [1.82, 2.24) is 0 Å². The van der Waals surface area contributed by atoms with Crippen LogP contribution in [-0.4, -0.2) is 8.42 Å². The molecular formula is C16H20N2O2S. The molecule has 2 rings (SSSR count). The van der Waals surface area contributed by atoms with E-state index in [2.05, 4.69) is 37.4 Å². The largest absolute Gasteiger partial charge is 0.378 e. The van der Waals surface area contributed by atoms with Gasteiger partial charge in [-0.3, -0.25) is 0 Å². The van der Waals surface area contributed by atoms with E-state index >= 15 is 0 Å². The molecule has 0 amide bonds. The van der Waals surface area contributed by atoms with E-state index in [4.69, 9.17) is 5.14 Å². The molecule has 0 saturated heterocycles. The van der Waals surface area contributed by atoms with Gasteiger partial charge < -0.3 is 5.32 Å². The summed E-state index contributed by atoms with van der Waals surface area (Å²) in [5.74, 6) is 0. The quantitative estimate of drug-likeness (QED) is 0.911. The molecule has 0 aliphatic rings. The highest BCUT2D eigenvalue weighted by atomic mass is 32.2. The minimum atomic E-state index is -3.68. The first-order chi connectivity index (χ1) is 9.77. The molecule has 4 nitrogen and oxygen atoms in total. The normalized spacial score (nSPS) is 13.0. The van der Waals surface area contributed by atoms with Gasteiger partial charge in [0.15, 0.2) is 0 Å². The number of benzene rings is 2. The van der Waals surface area contributed by atoms with Crippen molar-refractivity contribution in [3.63, 3.8) is 0 Å². The van der Waals surface area contributed by atoms with E-state index in [-0.39, 0.29) is 10.9 Å². The van der Waals surface area contributed by atoms with Crippen LogP contribution in [0.25, 0.3) is 0 Å². The molecule has 0 saturated carbocycles. The van der Waals surface area contributed by atoms with Gasteiger partial charge >= 0.3 is 0 Å². The van der Waals surface area contributed by atoms with Gasteiger partial charge in [0.1, 0.15) is 0 Å². The topological polar surface area (TPSA) is 72.2 Å². The monoisotopic (exact) mass is 304 g/mol. The van der Waals surface area contributed by atoms with Gasteiger partial charge in [0.2, 0.25) is 10.0 Å². The number of sulfonamides is 1. The molecule has 3 N–H and O–H groups in total. The Kier molecular flexibility index (Phi) is 4.34. The maximum atomic E-state index is 11.4. The van der Waals surface area contributed by atoms with Crippen molar-refractivity contribution in [3.8, 4) is 0 Å². The Labute approximate surface area is 126 Å². The van der Waals surface area contributed by atoms with Crippen LogP contribution in [0.1, 0.15) is 29.7 Å². The standard InChI is InChI=1S/C16H20N2O2S/c1-11-7-8-14(9-12(11)2)13(3)18-15-5-4-6-16(10-15)21(17,19)20/h4-10,13,18H,1-3H3,(H2,17,19,20). The molecule has 21 heavy (non-hydrogen) atoms. The number of nitrogens with one attached hydrogen (secondary N) is 1. The molecule has 5 heteroatoms. The van der Waals surface area contributed by atoms with Gasteiger partial charge in [-0.2, -0.15) is 0 Å². The lowest BCUT2D eigenvalue weighted by Crippen LogP contribution is -2.13. The second-order valence-electron chi connectivity index (χ2n) is 5.28. The zero-order valence-corrected chi connectivity index (χ0v) is 13.2. The minimum Gasteiger partial charge on any atom is -0.378 e. The molecule has 0 fully saturated rings. The van der Waals surface area contributed by atoms with E-state index in [1.54, 1.807) is 12.1 Å². The molecule has 0 spiro atoms. The molecular weight excluding hydrogens is 284 g/mol. The van der Waals surface area contributed by atoms with Crippen molar-refractivity contribution in [2.24, 2.45) is 5.14 Å². The third-order valence-corrected chi connectivity index (χ3v) is 4.49. The van der Waals surface area contributed by atoms with Crippen molar-refractivity contribution >= 4 is 15.7 Å². The van der Waals surface area contributed by atoms with E-state index in [1.165, 1.54) is 17.2 Å². The average molecular weight is 304 g/mol. The Morgan fingerprint density at radius 3 is 2.38 bits per heavy atom. The van der Waals surface area contributed by atoms with Crippen LogP contribution >= 0.6 is 0 Å². The van der Waals surface area contributed by atoms with Gasteiger partial charge in [0.25, 0.3) is 0 Å². The fourth-order valence-electron chi connectivity index (χ4n) is 2.13. The van der Waals surface area contributed by atoms with Crippen molar-refractivity contribution in [3.05, 3.63) is 59.2 Å². The lowest BCUT2D eigenvalue weighted by molar-refractivity contribution is 0.598. The van der Waals surface area contributed by atoms with Gasteiger partial charge in [-0.05, 0) is 55.7 Å². The smallest absolute Gasteiger partial charge is 0.238 e. The fraction of sp³-hybridized carbons (Fsp3) is 0.250. The van der Waals surface area contributed by atoms with Gasteiger partial charge in [-0.1, -0.05) is 24.3 Å². The van der Waals surface area contributed by atoms with Crippen LogP contribution < -0.4 is 10.5 Å². The summed E-state index contributed by atoms with van der Waals surface area (Å²) in [6.45, 7) is 6.19. The summed E-state index contributed by atoms with van der Waals surface area (Å²) in [6, 6.07) is 12.9. The highest BCUT2D eigenvalue weighted by Gasteiger charge is 2.10. The van der Waals surface area contributed by atoms with Crippen molar-refractivity contribution in [2.75, 3.05) is 5.32 Å². The third kappa shape index (κ3) is 3.83. The number of nitrogens with two attached hydrogens (primary N) is 1. The van der Waals surface area contributed by atoms with Gasteiger partial charge in [-0.25, -0.2) is 13.6 Å². The molecule has 0 heterocycles. The van der Waals surface area contributed by atoms with Crippen molar-refractivity contribution in [1.29, 1.82) is 0 Å². The Balaban J connectivity index is 2.23. The first-order valence-electron chi connectivity index (χ1n) is 6.74. The van der Waals surface area contributed by atoms with E-state index in [9.17, 15) is 8.42 Å². The molecule has 112 valence electrons. The average Bonchev–Trinajstić information content (AvgIpc) is 2.41. The van der Waals surface area contributed by atoms with Crippen LogP contribution in [0, 0.1) is 13.8 Å². The third-order valence-electron chi connectivity index (χ3n) is 3.58. The van der Waals surface area contributed by atoms with E-state index in [1.807, 2.05) is 13.0 Å². The Hall–Kier alpha value is -1.85. The Bertz CT molecular complexity index is 755. The molecule has 0 aromatic heterocycles. The van der Waals surface area contributed by atoms with Gasteiger partial charge in [-0.15, -0.1) is 0 Å². The highest BCUT2D eigenvalue weighted by Crippen LogP contribution is 2.22. The number of primary sulfonamides is 1. The number of aryl methyl sites for hydroxylation is 2. The van der Waals surface area contributed by atoms with Gasteiger partial charge in [0, 0.05) is 11.7 Å². The summed E-state index contributed by atoms with van der Waals surface area (Å²) in [7, 11) is -3.68. The molecule has 0 radical (unpaired) electrons. The number of hydrogen-bond donors (Lipinski definition) is 2. The van der Waals surface area contributed by atoms with Crippen LogP contribution in [-0.2, 0) is 10.0 Å². The Morgan fingerprint density at radius 1 is 1.05 bits per heavy atom. The first-order valence-corrected chi connectivity index (χ1v) is 8.28. The number of anilines is 1. The first kappa shape index (κ1) is 15.5. The Morgan fingerprint density at radius 2 is 1.76 bits per heavy atom. The van der Waals surface area contributed by atoms with Crippen LogP contribution in [0.2, 0.25) is 0 Å². The molecule has 0 aliphatic heterocycles. The van der Waals surface area contributed by atoms with Crippen LogP contribution in [0.3, 0.4) is 0 Å². The second kappa shape index (κ2) is 5.87. The lowest BCUT2D eigenvalue weighted by Gasteiger charge is -2.17. The zero-order chi connectivity index (χ0) is 15.6. The van der Waals surface area contributed by atoms with Crippen LogP contribution in [0.4, 0.5) is 5.69 Å².